The van der Waals surface area contributed by atoms with Crippen molar-refractivity contribution in [3.8, 4) is 0 Å². The molecule has 1 amide bonds. The van der Waals surface area contributed by atoms with Gasteiger partial charge >= 0.3 is 0 Å². The summed E-state index contributed by atoms with van der Waals surface area (Å²) in [5.41, 5.74) is 6.77. The lowest BCUT2D eigenvalue weighted by Crippen LogP contribution is -2.47. The summed E-state index contributed by atoms with van der Waals surface area (Å²) >= 11 is 5.98. The van der Waals surface area contributed by atoms with Crippen LogP contribution in [0.4, 0.5) is 4.39 Å². The molecule has 0 saturated carbocycles. The first-order chi connectivity index (χ1) is 9.99. The Hall–Kier alpha value is -1.17. The maximum absolute atomic E-state index is 13.0. The third-order valence-electron chi connectivity index (χ3n) is 3.86. The van der Waals surface area contributed by atoms with Gasteiger partial charge in [0.05, 0.1) is 6.04 Å². The van der Waals surface area contributed by atoms with E-state index in [1.165, 1.54) is 12.1 Å². The molecular weight excluding hydrogens is 295 g/mol. The molecule has 2 rings (SSSR count). The molecule has 2 N–H and O–H groups in total. The standard InChI is InChI=1S/C15H20ClFN2O2/c1-19(9-11-2-3-12(17)8-13(11)16)15(20)14(18)10-4-6-21-7-5-10/h2-3,8,10,14H,4-7,9,18H2,1H3. The van der Waals surface area contributed by atoms with Crippen LogP contribution in [0.5, 0.6) is 0 Å². The van der Waals surface area contributed by atoms with Gasteiger partial charge in [0.2, 0.25) is 5.91 Å². The molecule has 1 unspecified atom stereocenters. The van der Waals surface area contributed by atoms with Gasteiger partial charge in [0, 0.05) is 31.8 Å². The number of rotatable bonds is 4. The highest BCUT2D eigenvalue weighted by Crippen LogP contribution is 2.21. The van der Waals surface area contributed by atoms with Gasteiger partial charge in [-0.3, -0.25) is 4.79 Å². The van der Waals surface area contributed by atoms with Gasteiger partial charge in [-0.25, -0.2) is 4.39 Å². The normalized spacial score (nSPS) is 17.5. The lowest BCUT2D eigenvalue weighted by molar-refractivity contribution is -0.133. The molecule has 0 aliphatic carbocycles. The predicted octanol–water partition coefficient (Wildman–Crippen LogP) is 2.19. The molecule has 1 aliphatic rings. The van der Waals surface area contributed by atoms with Crippen LogP contribution in [0.2, 0.25) is 5.02 Å². The fraction of sp³-hybridized carbons (Fsp3) is 0.533. The van der Waals surface area contributed by atoms with Crippen molar-refractivity contribution in [1.82, 2.24) is 4.90 Å². The van der Waals surface area contributed by atoms with E-state index in [0.29, 0.717) is 30.3 Å². The maximum atomic E-state index is 13.0. The third kappa shape index (κ3) is 4.15. The minimum atomic E-state index is -0.530. The summed E-state index contributed by atoms with van der Waals surface area (Å²) in [6, 6.07) is 3.63. The third-order valence-corrected chi connectivity index (χ3v) is 4.21. The molecule has 0 radical (unpaired) electrons. The number of benzene rings is 1. The minimum absolute atomic E-state index is 0.123. The molecule has 1 saturated heterocycles. The van der Waals surface area contributed by atoms with Gasteiger partial charge in [-0.15, -0.1) is 0 Å². The second-order valence-electron chi connectivity index (χ2n) is 5.41. The number of ether oxygens (including phenoxy) is 1. The molecule has 0 bridgehead atoms. The molecule has 1 aliphatic heterocycles. The Balaban J connectivity index is 1.98. The van der Waals surface area contributed by atoms with E-state index in [2.05, 4.69) is 0 Å². The van der Waals surface area contributed by atoms with Crippen LogP contribution in [-0.4, -0.2) is 37.1 Å². The Bertz CT molecular complexity index is 506. The highest BCUT2D eigenvalue weighted by atomic mass is 35.5. The van der Waals surface area contributed by atoms with Crippen LogP contribution < -0.4 is 5.73 Å². The van der Waals surface area contributed by atoms with Crippen molar-refractivity contribution >= 4 is 17.5 Å². The summed E-state index contributed by atoms with van der Waals surface area (Å²) in [4.78, 5) is 13.9. The lowest BCUT2D eigenvalue weighted by atomic mass is 9.91. The molecule has 4 nitrogen and oxygen atoms in total. The Morgan fingerprint density at radius 3 is 2.81 bits per heavy atom. The first kappa shape index (κ1) is 16.2. The fourth-order valence-corrected chi connectivity index (χ4v) is 2.74. The van der Waals surface area contributed by atoms with Crippen molar-refractivity contribution in [2.75, 3.05) is 20.3 Å². The van der Waals surface area contributed by atoms with E-state index in [1.807, 2.05) is 0 Å². The predicted molar refractivity (Wildman–Crippen MR) is 79.4 cm³/mol. The zero-order chi connectivity index (χ0) is 15.4. The quantitative estimate of drug-likeness (QED) is 0.927. The Morgan fingerprint density at radius 2 is 2.19 bits per heavy atom. The van der Waals surface area contributed by atoms with E-state index in [4.69, 9.17) is 22.1 Å². The van der Waals surface area contributed by atoms with E-state index in [-0.39, 0.29) is 11.8 Å². The van der Waals surface area contributed by atoms with Gasteiger partial charge in [0.1, 0.15) is 5.82 Å². The van der Waals surface area contributed by atoms with Crippen LogP contribution in [0.1, 0.15) is 18.4 Å². The minimum Gasteiger partial charge on any atom is -0.381 e. The zero-order valence-electron chi connectivity index (χ0n) is 12.0. The number of halogens is 2. The molecule has 1 heterocycles. The molecule has 0 aromatic heterocycles. The number of hydrogen-bond acceptors (Lipinski definition) is 3. The van der Waals surface area contributed by atoms with Gasteiger partial charge in [0.15, 0.2) is 0 Å². The van der Waals surface area contributed by atoms with Gasteiger partial charge < -0.3 is 15.4 Å². The van der Waals surface area contributed by atoms with Crippen LogP contribution in [0, 0.1) is 11.7 Å². The van der Waals surface area contributed by atoms with E-state index in [9.17, 15) is 9.18 Å². The number of nitrogens with zero attached hydrogens (tertiary/aromatic N) is 1. The fourth-order valence-electron chi connectivity index (χ4n) is 2.51. The van der Waals surface area contributed by atoms with Crippen molar-refractivity contribution < 1.29 is 13.9 Å². The van der Waals surface area contributed by atoms with E-state index in [1.54, 1.807) is 18.0 Å². The highest BCUT2D eigenvalue weighted by molar-refractivity contribution is 6.31. The molecule has 6 heteroatoms. The van der Waals surface area contributed by atoms with Crippen LogP contribution in [0.25, 0.3) is 0 Å². The summed E-state index contributed by atoms with van der Waals surface area (Å²) in [5, 5.41) is 0.314. The van der Waals surface area contributed by atoms with Gasteiger partial charge in [0.25, 0.3) is 0 Å². The molecule has 1 fully saturated rings. The number of carbonyl (C=O) groups is 1. The largest absolute Gasteiger partial charge is 0.381 e. The average molecular weight is 315 g/mol. The monoisotopic (exact) mass is 314 g/mol. The Morgan fingerprint density at radius 1 is 1.52 bits per heavy atom. The van der Waals surface area contributed by atoms with Gasteiger partial charge in [-0.05, 0) is 36.5 Å². The smallest absolute Gasteiger partial charge is 0.239 e. The van der Waals surface area contributed by atoms with Gasteiger partial charge in [-0.1, -0.05) is 17.7 Å². The second-order valence-corrected chi connectivity index (χ2v) is 5.81. The van der Waals surface area contributed by atoms with E-state index < -0.39 is 11.9 Å². The second kappa shape index (κ2) is 7.20. The summed E-state index contributed by atoms with van der Waals surface area (Å²) in [7, 11) is 1.68. The number of hydrogen-bond donors (Lipinski definition) is 1. The Labute approximate surface area is 129 Å². The van der Waals surface area contributed by atoms with Crippen molar-refractivity contribution in [3.63, 3.8) is 0 Å². The molecule has 1 aromatic rings. The SMILES string of the molecule is CN(Cc1ccc(F)cc1Cl)C(=O)C(N)C1CCOCC1. The molecule has 21 heavy (non-hydrogen) atoms. The number of likely N-dealkylation sites (N-methyl/N-ethyl adjacent to an activating group) is 1. The summed E-state index contributed by atoms with van der Waals surface area (Å²) in [5.74, 6) is -0.365. The van der Waals surface area contributed by atoms with Crippen molar-refractivity contribution in [1.29, 1.82) is 0 Å². The maximum Gasteiger partial charge on any atom is 0.239 e. The lowest BCUT2D eigenvalue weighted by Gasteiger charge is -2.30. The van der Waals surface area contributed by atoms with Crippen LogP contribution in [-0.2, 0) is 16.1 Å². The zero-order valence-corrected chi connectivity index (χ0v) is 12.8. The average Bonchev–Trinajstić information content (AvgIpc) is 2.49. The first-order valence-electron chi connectivity index (χ1n) is 7.01. The molecule has 116 valence electrons. The Kier molecular flexibility index (Phi) is 5.56. The summed E-state index contributed by atoms with van der Waals surface area (Å²) in [6.07, 6.45) is 1.61. The summed E-state index contributed by atoms with van der Waals surface area (Å²) in [6.45, 7) is 1.62. The van der Waals surface area contributed by atoms with E-state index >= 15 is 0 Å². The topological polar surface area (TPSA) is 55.6 Å². The van der Waals surface area contributed by atoms with Crippen LogP contribution in [0.15, 0.2) is 18.2 Å². The number of amides is 1. The van der Waals surface area contributed by atoms with Crippen molar-refractivity contribution in [3.05, 3.63) is 34.6 Å². The first-order valence-corrected chi connectivity index (χ1v) is 7.39. The molecule has 0 spiro atoms. The van der Waals surface area contributed by atoms with Crippen LogP contribution >= 0.6 is 11.6 Å². The molecule has 1 atom stereocenters. The van der Waals surface area contributed by atoms with E-state index in [0.717, 1.165) is 12.8 Å². The number of carbonyl (C=O) groups excluding carboxylic acids is 1. The molecule has 1 aromatic carbocycles. The highest BCUT2D eigenvalue weighted by Gasteiger charge is 2.28. The summed E-state index contributed by atoms with van der Waals surface area (Å²) < 4.78 is 18.3. The van der Waals surface area contributed by atoms with Crippen molar-refractivity contribution in [2.45, 2.75) is 25.4 Å². The van der Waals surface area contributed by atoms with Gasteiger partial charge in [-0.2, -0.15) is 0 Å². The van der Waals surface area contributed by atoms with Crippen molar-refractivity contribution in [2.24, 2.45) is 11.7 Å². The molecular formula is C15H20ClFN2O2. The number of nitrogens with two attached hydrogens (primary N) is 1. The van der Waals surface area contributed by atoms with Crippen LogP contribution in [0.3, 0.4) is 0 Å².